The first-order valence-corrected chi connectivity index (χ1v) is 8.09. The number of hydrogen-bond donors (Lipinski definition) is 0. The number of aryl methyl sites for hydroxylation is 1. The number of fused-ring (bicyclic) bond motifs is 1. The second kappa shape index (κ2) is 5.07. The molecule has 2 aromatic rings. The molecule has 1 aromatic carbocycles. The second-order valence-electron chi connectivity index (χ2n) is 6.37. The molecule has 1 aliphatic rings. The summed E-state index contributed by atoms with van der Waals surface area (Å²) in [6.07, 6.45) is 5.29. The fourth-order valence-corrected chi connectivity index (χ4v) is 3.52. The van der Waals surface area contributed by atoms with Gasteiger partial charge in [-0.15, -0.1) is 11.6 Å². The van der Waals surface area contributed by atoms with Gasteiger partial charge in [-0.25, -0.2) is 4.98 Å². The van der Waals surface area contributed by atoms with Crippen molar-refractivity contribution >= 4 is 22.6 Å². The van der Waals surface area contributed by atoms with Gasteiger partial charge in [-0.3, -0.25) is 0 Å². The molecule has 0 spiro atoms. The van der Waals surface area contributed by atoms with Crippen molar-refractivity contribution in [1.29, 1.82) is 0 Å². The Kier molecular flexibility index (Phi) is 3.53. The Morgan fingerprint density at radius 1 is 1.40 bits per heavy atom. The Balaban J connectivity index is 2.10. The van der Waals surface area contributed by atoms with Crippen molar-refractivity contribution in [2.75, 3.05) is 0 Å². The van der Waals surface area contributed by atoms with E-state index in [2.05, 4.69) is 36.6 Å². The Morgan fingerprint density at radius 3 is 2.70 bits per heavy atom. The first kappa shape index (κ1) is 13.9. The number of hydrogen-bond acceptors (Lipinski definition) is 1. The first-order valence-electron chi connectivity index (χ1n) is 7.65. The lowest BCUT2D eigenvalue weighted by Crippen LogP contribution is -2.34. The standard InChI is InChI=1S/C17H23ClN2/c1-4-17(8-5-9-17)11-20-15-10-12(2)6-7-14(15)19-16(20)13(3)18/h6-7,10,13H,4-5,8-9,11H2,1-3H3. The van der Waals surface area contributed by atoms with Crippen molar-refractivity contribution < 1.29 is 0 Å². The highest BCUT2D eigenvalue weighted by Crippen LogP contribution is 2.46. The van der Waals surface area contributed by atoms with Gasteiger partial charge in [0, 0.05) is 6.54 Å². The smallest absolute Gasteiger partial charge is 0.127 e. The zero-order valence-electron chi connectivity index (χ0n) is 12.6. The lowest BCUT2D eigenvalue weighted by molar-refractivity contribution is 0.101. The van der Waals surface area contributed by atoms with Crippen LogP contribution in [0, 0.1) is 12.3 Å². The third-order valence-electron chi connectivity index (χ3n) is 4.95. The summed E-state index contributed by atoms with van der Waals surface area (Å²) in [4.78, 5) is 4.76. The number of aromatic nitrogens is 2. The van der Waals surface area contributed by atoms with E-state index >= 15 is 0 Å². The molecule has 20 heavy (non-hydrogen) atoms. The molecular weight excluding hydrogens is 268 g/mol. The van der Waals surface area contributed by atoms with Crippen molar-refractivity contribution in [3.63, 3.8) is 0 Å². The molecule has 1 saturated carbocycles. The normalized spacial score (nSPS) is 19.0. The quantitative estimate of drug-likeness (QED) is 0.706. The van der Waals surface area contributed by atoms with E-state index < -0.39 is 0 Å². The number of alkyl halides is 1. The van der Waals surface area contributed by atoms with E-state index in [4.69, 9.17) is 16.6 Å². The lowest BCUT2D eigenvalue weighted by atomic mass is 9.67. The Morgan fingerprint density at radius 2 is 2.15 bits per heavy atom. The highest BCUT2D eigenvalue weighted by molar-refractivity contribution is 6.20. The van der Waals surface area contributed by atoms with Crippen LogP contribution >= 0.6 is 11.6 Å². The molecule has 1 fully saturated rings. The second-order valence-corrected chi connectivity index (χ2v) is 7.03. The molecule has 1 aliphatic carbocycles. The van der Waals surface area contributed by atoms with E-state index in [0.29, 0.717) is 5.41 Å². The van der Waals surface area contributed by atoms with Gasteiger partial charge in [-0.1, -0.05) is 19.4 Å². The summed E-state index contributed by atoms with van der Waals surface area (Å²) in [7, 11) is 0. The van der Waals surface area contributed by atoms with E-state index in [-0.39, 0.29) is 5.38 Å². The highest BCUT2D eigenvalue weighted by atomic mass is 35.5. The topological polar surface area (TPSA) is 17.8 Å². The van der Waals surface area contributed by atoms with Gasteiger partial charge >= 0.3 is 0 Å². The summed E-state index contributed by atoms with van der Waals surface area (Å²) < 4.78 is 2.38. The maximum atomic E-state index is 6.37. The first-order chi connectivity index (χ1) is 9.54. The van der Waals surface area contributed by atoms with Crippen molar-refractivity contribution in [1.82, 2.24) is 9.55 Å². The maximum Gasteiger partial charge on any atom is 0.127 e. The average molecular weight is 291 g/mol. The minimum absolute atomic E-state index is 0.0447. The molecule has 0 bridgehead atoms. The molecule has 2 nitrogen and oxygen atoms in total. The summed E-state index contributed by atoms with van der Waals surface area (Å²) in [5, 5.41) is -0.0447. The number of halogens is 1. The predicted octanol–water partition coefficient (Wildman–Crippen LogP) is 5.22. The number of imidazole rings is 1. The molecule has 0 aliphatic heterocycles. The molecule has 0 saturated heterocycles. The minimum Gasteiger partial charge on any atom is -0.326 e. The minimum atomic E-state index is -0.0447. The fraction of sp³-hybridized carbons (Fsp3) is 0.588. The maximum absolute atomic E-state index is 6.37. The molecule has 1 heterocycles. The van der Waals surface area contributed by atoms with Gasteiger partial charge in [-0.05, 0) is 56.2 Å². The Labute approximate surface area is 126 Å². The van der Waals surface area contributed by atoms with Crippen molar-refractivity contribution in [2.45, 2.75) is 58.4 Å². The molecule has 108 valence electrons. The molecule has 1 aromatic heterocycles. The van der Waals surface area contributed by atoms with E-state index in [0.717, 1.165) is 17.9 Å². The molecule has 1 atom stereocenters. The lowest BCUT2D eigenvalue weighted by Gasteiger charge is -2.42. The largest absolute Gasteiger partial charge is 0.326 e. The summed E-state index contributed by atoms with van der Waals surface area (Å²) in [6, 6.07) is 6.48. The van der Waals surface area contributed by atoms with E-state index in [1.807, 2.05) is 6.92 Å². The third-order valence-corrected chi connectivity index (χ3v) is 5.14. The fourth-order valence-electron chi connectivity index (χ4n) is 3.36. The van der Waals surface area contributed by atoms with Crippen LogP contribution in [-0.4, -0.2) is 9.55 Å². The Bertz CT molecular complexity index is 618. The molecule has 3 rings (SSSR count). The highest BCUT2D eigenvalue weighted by Gasteiger charge is 2.36. The van der Waals surface area contributed by atoms with Gasteiger partial charge in [0.2, 0.25) is 0 Å². The van der Waals surface area contributed by atoms with Crippen LogP contribution in [0.2, 0.25) is 0 Å². The van der Waals surface area contributed by atoms with Gasteiger partial charge < -0.3 is 4.57 Å². The SMILES string of the molecule is CCC1(Cn2c(C(C)Cl)nc3ccc(C)cc32)CCC1. The monoisotopic (exact) mass is 290 g/mol. The number of nitrogens with zero attached hydrogens (tertiary/aromatic N) is 2. The average Bonchev–Trinajstić information content (AvgIpc) is 2.72. The van der Waals surface area contributed by atoms with Gasteiger partial charge in [0.05, 0.1) is 16.4 Å². The summed E-state index contributed by atoms with van der Waals surface area (Å²) in [6.45, 7) is 7.54. The number of benzene rings is 1. The molecule has 1 unspecified atom stereocenters. The van der Waals surface area contributed by atoms with Crippen molar-refractivity contribution in [3.05, 3.63) is 29.6 Å². The Hall–Kier alpha value is -1.02. The van der Waals surface area contributed by atoms with Crippen LogP contribution in [-0.2, 0) is 6.54 Å². The molecule has 0 amide bonds. The van der Waals surface area contributed by atoms with Crippen LogP contribution in [0.4, 0.5) is 0 Å². The van der Waals surface area contributed by atoms with Crippen LogP contribution in [0.15, 0.2) is 18.2 Å². The zero-order valence-corrected chi connectivity index (χ0v) is 13.4. The number of rotatable bonds is 4. The predicted molar refractivity (Wildman–Crippen MR) is 85.3 cm³/mol. The van der Waals surface area contributed by atoms with Crippen molar-refractivity contribution in [3.8, 4) is 0 Å². The molecule has 0 radical (unpaired) electrons. The van der Waals surface area contributed by atoms with Gasteiger partial charge in [-0.2, -0.15) is 0 Å². The molecule has 0 N–H and O–H groups in total. The van der Waals surface area contributed by atoms with E-state index in [9.17, 15) is 0 Å². The summed E-state index contributed by atoms with van der Waals surface area (Å²) in [5.74, 6) is 1.02. The van der Waals surface area contributed by atoms with Crippen LogP contribution in [0.25, 0.3) is 11.0 Å². The van der Waals surface area contributed by atoms with Gasteiger partial charge in [0.15, 0.2) is 0 Å². The summed E-state index contributed by atoms with van der Waals surface area (Å²) >= 11 is 6.37. The van der Waals surface area contributed by atoms with Crippen LogP contribution < -0.4 is 0 Å². The van der Waals surface area contributed by atoms with Crippen LogP contribution in [0.1, 0.15) is 56.3 Å². The van der Waals surface area contributed by atoms with Crippen LogP contribution in [0.5, 0.6) is 0 Å². The van der Waals surface area contributed by atoms with Crippen LogP contribution in [0.3, 0.4) is 0 Å². The van der Waals surface area contributed by atoms with E-state index in [1.165, 1.54) is 36.8 Å². The summed E-state index contributed by atoms with van der Waals surface area (Å²) in [5.41, 5.74) is 4.07. The van der Waals surface area contributed by atoms with E-state index in [1.54, 1.807) is 0 Å². The molecular formula is C17H23ClN2. The molecule has 3 heteroatoms. The van der Waals surface area contributed by atoms with Gasteiger partial charge in [0.1, 0.15) is 5.82 Å². The zero-order chi connectivity index (χ0) is 14.3. The third kappa shape index (κ3) is 2.24. The van der Waals surface area contributed by atoms with Crippen molar-refractivity contribution in [2.24, 2.45) is 5.41 Å². The van der Waals surface area contributed by atoms with Gasteiger partial charge in [0.25, 0.3) is 0 Å².